The third kappa shape index (κ3) is 9.67. The number of ketones is 1. The Balaban J connectivity index is 1.30. The van der Waals surface area contributed by atoms with Crippen LogP contribution < -0.4 is 5.32 Å². The predicted molar refractivity (Wildman–Crippen MR) is 206 cm³/mol. The molecule has 5 aliphatic carbocycles. The van der Waals surface area contributed by atoms with E-state index in [1.54, 1.807) is 13.8 Å². The van der Waals surface area contributed by atoms with Crippen LogP contribution in [-0.2, 0) is 55.9 Å². The molecular formula is C38H52F3NO14P2S. The van der Waals surface area contributed by atoms with Gasteiger partial charge >= 0.3 is 21.6 Å². The quantitative estimate of drug-likeness (QED) is 0.0493. The highest BCUT2D eigenvalue weighted by molar-refractivity contribution is 8.13. The number of hydrogen-bond donors (Lipinski definition) is 3. The minimum absolute atomic E-state index is 0.0642. The summed E-state index contributed by atoms with van der Waals surface area (Å²) in [5.41, 5.74) is -8.15. The van der Waals surface area contributed by atoms with Gasteiger partial charge in [-0.05, 0) is 80.9 Å². The van der Waals surface area contributed by atoms with Gasteiger partial charge in [0, 0.05) is 42.1 Å². The number of phosphoric acid groups is 2. The van der Waals surface area contributed by atoms with Crippen molar-refractivity contribution in [2.24, 2.45) is 28.6 Å². The number of nitrogens with one attached hydrogen (secondary N) is 1. The normalized spacial score (nSPS) is 37.1. The van der Waals surface area contributed by atoms with E-state index in [1.165, 1.54) is 19.9 Å². The average molecular weight is 898 g/mol. The fourth-order valence-electron chi connectivity index (χ4n) is 9.81. The lowest BCUT2D eigenvalue weighted by molar-refractivity contribution is -0.248. The number of allylic oxidation sites excluding steroid dienone is 4. The lowest BCUT2D eigenvalue weighted by atomic mass is 9.44. The van der Waals surface area contributed by atoms with Crippen molar-refractivity contribution in [2.45, 2.75) is 115 Å². The number of esters is 1. The first-order chi connectivity index (χ1) is 27.7. The van der Waals surface area contributed by atoms with Crippen molar-refractivity contribution in [1.82, 2.24) is 5.32 Å². The van der Waals surface area contributed by atoms with Crippen molar-refractivity contribution in [3.8, 4) is 11.8 Å². The van der Waals surface area contributed by atoms with Gasteiger partial charge in [0.15, 0.2) is 23.8 Å². The first-order valence-corrected chi connectivity index (χ1v) is 23.5. The summed E-state index contributed by atoms with van der Waals surface area (Å²) >= 11 is 0.276. The second-order valence-corrected chi connectivity index (χ2v) is 19.8. The SMILES string of the molecule is CCC(=O)O[C@]1(C(=O)SCF)[C@H](C)C[C@H]2[C@@H]3C[C@H](F)C4=CC(=O)C=C[C@]4(C)[C@@]3(F)[C@@H](OCOP(=O)(O)OP(=O)(O)OCCNC(=O)COC3C#CCCCCC3)C[C@@]21C. The standard InChI is InChI=1S/C38H52F3NO14P2S/c1-5-33(45)55-38(34(46)59-22-39)24(2)17-27-28-19-30(40)29-18-25(43)13-14-35(29,3)37(28,41)31(20-36(27,38)4)52-23-54-58(49,50)56-57(47,48)53-16-15-42-32(44)21-51-26-11-9-7-6-8-10-12-26/h13-14,18,24,26-28,30-31H,5-9,11,15-17,19-23H2,1-4H3,(H,42,44)(H,47,48)(H,49,50)/t24-,26?,27+,28+,30+,31+,35+,36+,37+,38+/m1/s1. The molecule has 1 amide bonds. The summed E-state index contributed by atoms with van der Waals surface area (Å²) in [7, 11) is -10.9. The van der Waals surface area contributed by atoms with Gasteiger partial charge in [-0.15, -0.1) is 5.92 Å². The third-order valence-electron chi connectivity index (χ3n) is 12.5. The molecule has 5 aliphatic rings. The molecule has 0 saturated heterocycles. The van der Waals surface area contributed by atoms with Crippen LogP contribution >= 0.6 is 27.4 Å². The van der Waals surface area contributed by atoms with E-state index < -0.39 is 129 Å². The molecule has 3 N–H and O–H groups in total. The zero-order valence-electron chi connectivity index (χ0n) is 33.3. The van der Waals surface area contributed by atoms with Crippen LogP contribution in [0.5, 0.6) is 0 Å². The minimum Gasteiger partial charge on any atom is -0.449 e. The molecule has 0 aromatic rings. The van der Waals surface area contributed by atoms with E-state index in [0.717, 1.165) is 37.8 Å². The van der Waals surface area contributed by atoms with Gasteiger partial charge in [-0.2, -0.15) is 4.31 Å². The highest BCUT2D eigenvalue weighted by Crippen LogP contribution is 2.72. The van der Waals surface area contributed by atoms with E-state index in [4.69, 9.17) is 23.3 Å². The van der Waals surface area contributed by atoms with Gasteiger partial charge in [0.25, 0.3) is 0 Å². The van der Waals surface area contributed by atoms with Crippen LogP contribution in [0.15, 0.2) is 23.8 Å². The molecule has 15 nitrogen and oxygen atoms in total. The summed E-state index contributed by atoms with van der Waals surface area (Å²) in [5, 5.41) is 1.57. The fraction of sp³-hybridized carbons (Fsp3) is 0.737. The number of amides is 1. The number of phosphoric ester groups is 2. The zero-order chi connectivity index (χ0) is 43.4. The molecular weight excluding hydrogens is 845 g/mol. The minimum atomic E-state index is -5.53. The molecule has 3 fully saturated rings. The highest BCUT2D eigenvalue weighted by Gasteiger charge is 2.78. The van der Waals surface area contributed by atoms with E-state index >= 15 is 8.78 Å². The van der Waals surface area contributed by atoms with Crippen LogP contribution in [0.3, 0.4) is 0 Å². The molecule has 59 heavy (non-hydrogen) atoms. The Labute approximate surface area is 345 Å². The van der Waals surface area contributed by atoms with Crippen LogP contribution in [-0.4, -0.2) is 94.8 Å². The monoisotopic (exact) mass is 897 g/mol. The molecule has 21 heteroatoms. The van der Waals surface area contributed by atoms with Gasteiger partial charge in [0.1, 0.15) is 24.9 Å². The lowest BCUT2D eigenvalue weighted by Crippen LogP contribution is -2.71. The number of halogens is 3. The second kappa shape index (κ2) is 18.9. The van der Waals surface area contributed by atoms with Crippen LogP contribution in [0.4, 0.5) is 13.2 Å². The Bertz CT molecular complexity index is 1860. The largest absolute Gasteiger partial charge is 0.483 e. The molecule has 0 spiro atoms. The topological polar surface area (TPSA) is 210 Å². The lowest BCUT2D eigenvalue weighted by Gasteiger charge is -2.63. The van der Waals surface area contributed by atoms with Crippen molar-refractivity contribution in [2.75, 3.05) is 32.6 Å². The van der Waals surface area contributed by atoms with Gasteiger partial charge in [0.05, 0.1) is 12.7 Å². The predicted octanol–water partition coefficient (Wildman–Crippen LogP) is 6.13. The van der Waals surface area contributed by atoms with Crippen LogP contribution in [0.1, 0.15) is 85.5 Å². The molecule has 0 aromatic carbocycles. The summed E-state index contributed by atoms with van der Waals surface area (Å²) in [6.07, 6.45) is 2.69. The number of carbonyl (C=O) groups excluding carboxylic acids is 4. The van der Waals surface area contributed by atoms with Crippen LogP contribution in [0, 0.1) is 40.4 Å². The Hall–Kier alpha value is -2.36. The van der Waals surface area contributed by atoms with Crippen molar-refractivity contribution < 1.29 is 78.8 Å². The first-order valence-electron chi connectivity index (χ1n) is 19.6. The van der Waals surface area contributed by atoms with Gasteiger partial charge in [-0.1, -0.05) is 39.2 Å². The average Bonchev–Trinajstić information content (AvgIpc) is 3.36. The Morgan fingerprint density at radius 3 is 2.51 bits per heavy atom. The van der Waals surface area contributed by atoms with Gasteiger partial charge in [-0.3, -0.25) is 28.2 Å². The number of hydrogen-bond acceptors (Lipinski definition) is 13. The summed E-state index contributed by atoms with van der Waals surface area (Å²) in [4.78, 5) is 72.0. The van der Waals surface area contributed by atoms with Crippen molar-refractivity contribution in [3.05, 3.63) is 23.8 Å². The smallest absolute Gasteiger partial charge is 0.449 e. The van der Waals surface area contributed by atoms with Gasteiger partial charge in [-0.25, -0.2) is 22.3 Å². The molecule has 3 saturated carbocycles. The highest BCUT2D eigenvalue weighted by atomic mass is 32.2. The number of alkyl halides is 3. The van der Waals surface area contributed by atoms with Crippen LogP contribution in [0.2, 0.25) is 0 Å². The van der Waals surface area contributed by atoms with E-state index in [-0.39, 0.29) is 43.3 Å². The molecule has 5 rings (SSSR count). The number of thioether (sulfide) groups is 1. The van der Waals surface area contributed by atoms with Crippen LogP contribution in [0.25, 0.3) is 0 Å². The fourth-order valence-corrected chi connectivity index (χ4v) is 12.5. The van der Waals surface area contributed by atoms with Crippen molar-refractivity contribution in [1.29, 1.82) is 0 Å². The maximum Gasteiger partial charge on any atom is 0.483 e. The number of fused-ring (bicyclic) bond motifs is 5. The maximum absolute atomic E-state index is 18.5. The third-order valence-corrected chi connectivity index (χ3v) is 15.8. The Morgan fingerprint density at radius 1 is 1.07 bits per heavy atom. The molecule has 3 unspecified atom stereocenters. The second-order valence-electron chi connectivity index (χ2n) is 15.9. The Morgan fingerprint density at radius 2 is 1.80 bits per heavy atom. The van der Waals surface area contributed by atoms with Gasteiger partial charge < -0.3 is 29.3 Å². The van der Waals surface area contributed by atoms with Crippen molar-refractivity contribution >= 4 is 50.2 Å². The Kier molecular flexibility index (Phi) is 15.3. The molecule has 12 atom stereocenters. The molecule has 0 aliphatic heterocycles. The molecule has 0 heterocycles. The van der Waals surface area contributed by atoms with E-state index in [9.17, 15) is 42.5 Å². The molecule has 0 aromatic heterocycles. The molecule has 0 radical (unpaired) electrons. The first kappa shape index (κ1) is 47.7. The van der Waals surface area contributed by atoms with Gasteiger partial charge in [0.2, 0.25) is 11.0 Å². The number of rotatable bonds is 17. The number of ether oxygens (including phenoxy) is 3. The van der Waals surface area contributed by atoms with E-state index in [0.29, 0.717) is 6.42 Å². The van der Waals surface area contributed by atoms with E-state index in [1.807, 2.05) is 0 Å². The van der Waals surface area contributed by atoms with Crippen molar-refractivity contribution in [3.63, 3.8) is 0 Å². The summed E-state index contributed by atoms with van der Waals surface area (Å²) in [6.45, 7) is 3.49. The summed E-state index contributed by atoms with van der Waals surface area (Å²) in [5.74, 6) is 1.08. The number of carbonyl (C=O) groups is 4. The molecule has 330 valence electrons. The van der Waals surface area contributed by atoms with E-state index in [2.05, 4.69) is 21.5 Å². The zero-order valence-corrected chi connectivity index (χ0v) is 35.9. The summed E-state index contributed by atoms with van der Waals surface area (Å²) < 4.78 is 105. The molecule has 0 bridgehead atoms. The summed E-state index contributed by atoms with van der Waals surface area (Å²) in [6, 6.07) is -1.16. The maximum atomic E-state index is 18.5.